The molecule has 0 aromatic rings. The van der Waals surface area contributed by atoms with Gasteiger partial charge in [0.05, 0.1) is 0 Å². The molecule has 0 aliphatic heterocycles. The first-order chi connectivity index (χ1) is 7.58. The lowest BCUT2D eigenvalue weighted by molar-refractivity contribution is -0.114. The predicted molar refractivity (Wildman–Crippen MR) is 68.7 cm³/mol. The van der Waals surface area contributed by atoms with Gasteiger partial charge in [-0.1, -0.05) is 18.2 Å². The van der Waals surface area contributed by atoms with Crippen molar-refractivity contribution in [2.24, 2.45) is 5.73 Å². The van der Waals surface area contributed by atoms with Crippen LogP contribution in [0.25, 0.3) is 0 Å². The first kappa shape index (κ1) is 14.2. The molecule has 0 unspecified atom stereocenters. The number of amides is 1. The van der Waals surface area contributed by atoms with Gasteiger partial charge in [0.25, 0.3) is 0 Å². The molecule has 0 heterocycles. The van der Waals surface area contributed by atoms with Crippen molar-refractivity contribution in [3.8, 4) is 0 Å². The second kappa shape index (κ2) is 7.51. The van der Waals surface area contributed by atoms with Gasteiger partial charge in [-0.2, -0.15) is 0 Å². The van der Waals surface area contributed by atoms with Crippen molar-refractivity contribution in [3.05, 3.63) is 49.2 Å². The van der Waals surface area contributed by atoms with E-state index in [4.69, 9.17) is 5.73 Å². The van der Waals surface area contributed by atoms with Crippen LogP contribution in [-0.2, 0) is 4.79 Å². The number of hydrogen-bond acceptors (Lipinski definition) is 2. The Balaban J connectivity index is 5.18. The van der Waals surface area contributed by atoms with E-state index in [1.54, 1.807) is 25.2 Å². The molecule has 3 heteroatoms. The number of nitrogens with zero attached hydrogens (tertiary/aromatic N) is 1. The van der Waals surface area contributed by atoms with Gasteiger partial charge in [-0.25, -0.2) is 0 Å². The summed E-state index contributed by atoms with van der Waals surface area (Å²) in [6.45, 7) is 14.1. The third-order valence-corrected chi connectivity index (χ3v) is 2.22. The number of rotatable bonds is 8. The molecule has 2 N–H and O–H groups in total. The normalized spacial score (nSPS) is 11.3. The Labute approximate surface area is 97.6 Å². The third-order valence-electron chi connectivity index (χ3n) is 2.22. The van der Waals surface area contributed by atoms with Crippen LogP contribution in [0.4, 0.5) is 0 Å². The fourth-order valence-electron chi connectivity index (χ4n) is 1.40. The van der Waals surface area contributed by atoms with Gasteiger partial charge in [0.15, 0.2) is 0 Å². The van der Waals surface area contributed by atoms with E-state index in [2.05, 4.69) is 19.7 Å². The highest BCUT2D eigenvalue weighted by Crippen LogP contribution is 2.15. The van der Waals surface area contributed by atoms with Crippen molar-refractivity contribution in [2.45, 2.75) is 13.3 Å². The van der Waals surface area contributed by atoms with Crippen LogP contribution >= 0.6 is 0 Å². The van der Waals surface area contributed by atoms with E-state index in [0.29, 0.717) is 25.1 Å². The lowest BCUT2D eigenvalue weighted by atomic mass is 10.1. The van der Waals surface area contributed by atoms with Gasteiger partial charge in [-0.05, 0) is 6.92 Å². The topological polar surface area (TPSA) is 46.3 Å². The van der Waals surface area contributed by atoms with E-state index in [1.807, 2.05) is 4.90 Å². The molecular weight excluding hydrogens is 200 g/mol. The van der Waals surface area contributed by atoms with Crippen LogP contribution in [-0.4, -0.2) is 23.9 Å². The average Bonchev–Trinajstić information content (AvgIpc) is 2.24. The van der Waals surface area contributed by atoms with Gasteiger partial charge < -0.3 is 10.6 Å². The number of primary amides is 1. The van der Waals surface area contributed by atoms with Gasteiger partial charge in [-0.15, -0.1) is 19.7 Å². The summed E-state index contributed by atoms with van der Waals surface area (Å²) in [6, 6.07) is 0. The highest BCUT2D eigenvalue weighted by molar-refractivity contribution is 5.92. The number of carbonyl (C=O) groups is 1. The van der Waals surface area contributed by atoms with Crippen LogP contribution in [0, 0.1) is 0 Å². The van der Waals surface area contributed by atoms with Gasteiger partial charge in [0.2, 0.25) is 5.91 Å². The lowest BCUT2D eigenvalue weighted by Crippen LogP contribution is -2.27. The molecule has 16 heavy (non-hydrogen) atoms. The van der Waals surface area contributed by atoms with Crippen LogP contribution in [0.3, 0.4) is 0 Å². The Morgan fingerprint density at radius 1 is 1.19 bits per heavy atom. The zero-order valence-electron chi connectivity index (χ0n) is 9.91. The molecule has 0 atom stereocenters. The summed E-state index contributed by atoms with van der Waals surface area (Å²) < 4.78 is 0. The van der Waals surface area contributed by atoms with E-state index in [-0.39, 0.29) is 0 Å². The molecule has 0 aliphatic rings. The van der Waals surface area contributed by atoms with Gasteiger partial charge in [0.1, 0.15) is 0 Å². The summed E-state index contributed by atoms with van der Waals surface area (Å²) in [4.78, 5) is 13.2. The Bertz CT molecular complexity index is 306. The van der Waals surface area contributed by atoms with Crippen molar-refractivity contribution in [3.63, 3.8) is 0 Å². The molecule has 0 saturated carbocycles. The van der Waals surface area contributed by atoms with Gasteiger partial charge in [0, 0.05) is 30.8 Å². The first-order valence-corrected chi connectivity index (χ1v) is 5.15. The zero-order chi connectivity index (χ0) is 12.6. The van der Waals surface area contributed by atoms with E-state index >= 15 is 0 Å². The maximum absolute atomic E-state index is 11.2. The Morgan fingerprint density at radius 3 is 2.00 bits per heavy atom. The minimum Gasteiger partial charge on any atom is -0.367 e. The monoisotopic (exact) mass is 220 g/mol. The Hall–Kier alpha value is -1.77. The highest BCUT2D eigenvalue weighted by Gasteiger charge is 2.12. The highest BCUT2D eigenvalue weighted by atomic mass is 16.1. The van der Waals surface area contributed by atoms with Crippen LogP contribution in [0.1, 0.15) is 13.3 Å². The molecule has 0 aromatic carbocycles. The average molecular weight is 220 g/mol. The predicted octanol–water partition coefficient (Wildman–Crippen LogP) is 2.00. The number of carbonyl (C=O) groups excluding carboxylic acids is 1. The van der Waals surface area contributed by atoms with Crippen molar-refractivity contribution in [1.29, 1.82) is 0 Å². The van der Waals surface area contributed by atoms with Crippen molar-refractivity contribution in [2.75, 3.05) is 13.1 Å². The molecule has 0 rings (SSSR count). The van der Waals surface area contributed by atoms with Gasteiger partial charge in [-0.3, -0.25) is 4.79 Å². The second-order valence-corrected chi connectivity index (χ2v) is 3.41. The molecule has 1 amide bonds. The Morgan fingerprint density at radius 2 is 1.69 bits per heavy atom. The fraction of sp³-hybridized carbons (Fsp3) is 0.308. The zero-order valence-corrected chi connectivity index (χ0v) is 9.91. The third kappa shape index (κ3) is 4.17. The van der Waals surface area contributed by atoms with Crippen LogP contribution in [0.15, 0.2) is 49.2 Å². The SMILES string of the molecule is C=CC/C(=C(/C)C(N)=O)N(CC=C)CC=C. The van der Waals surface area contributed by atoms with Crippen LogP contribution < -0.4 is 5.73 Å². The fourth-order valence-corrected chi connectivity index (χ4v) is 1.40. The molecule has 0 spiro atoms. The maximum Gasteiger partial charge on any atom is 0.246 e. The molecular formula is C13H20N2O. The van der Waals surface area contributed by atoms with Crippen LogP contribution in [0.2, 0.25) is 0 Å². The molecule has 0 bridgehead atoms. The summed E-state index contributed by atoms with van der Waals surface area (Å²) in [5.74, 6) is -0.407. The Kier molecular flexibility index (Phi) is 6.68. The largest absolute Gasteiger partial charge is 0.367 e. The van der Waals surface area contributed by atoms with Crippen LogP contribution in [0.5, 0.6) is 0 Å². The van der Waals surface area contributed by atoms with Crippen molar-refractivity contribution >= 4 is 5.91 Å². The molecule has 0 saturated heterocycles. The summed E-state index contributed by atoms with van der Waals surface area (Å²) >= 11 is 0. The molecule has 0 fully saturated rings. The minimum atomic E-state index is -0.407. The molecule has 0 aromatic heterocycles. The smallest absolute Gasteiger partial charge is 0.246 e. The van der Waals surface area contributed by atoms with E-state index in [0.717, 1.165) is 5.70 Å². The van der Waals surface area contributed by atoms with Crippen molar-refractivity contribution < 1.29 is 4.79 Å². The molecule has 0 radical (unpaired) electrons. The molecule has 0 aliphatic carbocycles. The van der Waals surface area contributed by atoms with Gasteiger partial charge >= 0.3 is 0 Å². The standard InChI is InChI=1S/C13H20N2O/c1-5-8-12(11(4)13(14)16)15(9-6-2)10-7-3/h5-7H,1-3,8-10H2,4H3,(H2,14,16)/b12-11+. The minimum absolute atomic E-state index is 0.407. The molecule has 88 valence electrons. The number of hydrogen-bond donors (Lipinski definition) is 1. The summed E-state index contributed by atoms with van der Waals surface area (Å²) in [7, 11) is 0. The summed E-state index contributed by atoms with van der Waals surface area (Å²) in [5.41, 5.74) is 6.72. The number of allylic oxidation sites excluding steroid dienone is 1. The number of nitrogens with two attached hydrogens (primary N) is 1. The summed E-state index contributed by atoms with van der Waals surface area (Å²) in [6.07, 6.45) is 5.92. The second-order valence-electron chi connectivity index (χ2n) is 3.41. The first-order valence-electron chi connectivity index (χ1n) is 5.15. The summed E-state index contributed by atoms with van der Waals surface area (Å²) in [5, 5.41) is 0. The maximum atomic E-state index is 11.2. The lowest BCUT2D eigenvalue weighted by Gasteiger charge is -2.25. The van der Waals surface area contributed by atoms with E-state index < -0.39 is 5.91 Å². The van der Waals surface area contributed by atoms with Crippen molar-refractivity contribution in [1.82, 2.24) is 4.90 Å². The van der Waals surface area contributed by atoms with E-state index in [9.17, 15) is 4.79 Å². The quantitative estimate of drug-likeness (QED) is 0.502. The van der Waals surface area contributed by atoms with E-state index in [1.165, 1.54) is 0 Å². The molecule has 3 nitrogen and oxygen atoms in total.